The van der Waals surface area contributed by atoms with Crippen molar-refractivity contribution in [2.45, 2.75) is 24.7 Å². The van der Waals surface area contributed by atoms with Crippen LogP contribution in [0.15, 0.2) is 12.1 Å². The summed E-state index contributed by atoms with van der Waals surface area (Å²) >= 11 is 11.3. The van der Waals surface area contributed by atoms with Crippen LogP contribution in [-0.2, 0) is 10.2 Å². The third-order valence-electron chi connectivity index (χ3n) is 3.15. The van der Waals surface area contributed by atoms with E-state index in [0.29, 0.717) is 18.4 Å². The molecule has 0 unspecified atom stereocenters. The summed E-state index contributed by atoms with van der Waals surface area (Å²) < 4.78 is 13.2. The first-order chi connectivity index (χ1) is 7.47. The van der Waals surface area contributed by atoms with Crippen LogP contribution in [0.25, 0.3) is 0 Å². The van der Waals surface area contributed by atoms with Crippen molar-refractivity contribution >= 4 is 29.2 Å². The van der Waals surface area contributed by atoms with Gasteiger partial charge in [-0.2, -0.15) is 0 Å². The van der Waals surface area contributed by atoms with Gasteiger partial charge in [0.1, 0.15) is 0 Å². The van der Waals surface area contributed by atoms with Gasteiger partial charge in [-0.25, -0.2) is 4.39 Å². The molecule has 1 saturated carbocycles. The van der Waals surface area contributed by atoms with Crippen LogP contribution >= 0.6 is 23.2 Å². The highest BCUT2D eigenvalue weighted by atomic mass is 35.5. The van der Waals surface area contributed by atoms with E-state index in [2.05, 4.69) is 0 Å². The molecule has 0 amide bonds. The van der Waals surface area contributed by atoms with E-state index in [4.69, 9.17) is 23.2 Å². The lowest BCUT2D eigenvalue weighted by Crippen LogP contribution is -2.42. The molecule has 0 atom stereocenters. The molecule has 0 saturated heterocycles. The maximum atomic E-state index is 13.2. The summed E-state index contributed by atoms with van der Waals surface area (Å²) in [5, 5.41) is 8.95. The third-order valence-corrected chi connectivity index (χ3v) is 3.70. The van der Waals surface area contributed by atoms with Gasteiger partial charge >= 0.3 is 5.97 Å². The molecule has 0 radical (unpaired) electrons. The molecular formula is C11H9Cl2FO2. The fourth-order valence-corrected chi connectivity index (χ4v) is 2.48. The fourth-order valence-electron chi connectivity index (χ4n) is 1.99. The largest absolute Gasteiger partial charge is 0.481 e. The van der Waals surface area contributed by atoms with Crippen LogP contribution < -0.4 is 0 Å². The van der Waals surface area contributed by atoms with E-state index in [9.17, 15) is 14.3 Å². The predicted octanol–water partition coefficient (Wildman–Crippen LogP) is 3.64. The lowest BCUT2D eigenvalue weighted by Gasteiger charge is -2.38. The Morgan fingerprint density at radius 2 is 1.81 bits per heavy atom. The van der Waals surface area contributed by atoms with Crippen molar-refractivity contribution in [2.75, 3.05) is 0 Å². The van der Waals surface area contributed by atoms with Crippen LogP contribution in [0.5, 0.6) is 0 Å². The van der Waals surface area contributed by atoms with E-state index < -0.39 is 17.2 Å². The summed E-state index contributed by atoms with van der Waals surface area (Å²) in [6, 6.07) is 2.71. The number of carbonyl (C=O) groups is 1. The maximum Gasteiger partial charge on any atom is 0.314 e. The number of halogens is 3. The second-order valence-corrected chi connectivity index (χ2v) is 4.81. The first-order valence-electron chi connectivity index (χ1n) is 4.86. The molecule has 0 aromatic heterocycles. The summed E-state index contributed by atoms with van der Waals surface area (Å²) in [6.45, 7) is 0. The van der Waals surface area contributed by atoms with E-state index in [1.807, 2.05) is 0 Å². The topological polar surface area (TPSA) is 37.3 Å². The van der Waals surface area contributed by atoms with Gasteiger partial charge in [-0.05, 0) is 30.5 Å². The summed E-state index contributed by atoms with van der Waals surface area (Å²) in [5.41, 5.74) is -0.441. The lowest BCUT2D eigenvalue weighted by molar-refractivity contribution is -0.147. The average Bonchev–Trinajstić information content (AvgIpc) is 2.11. The van der Waals surface area contributed by atoms with Crippen LogP contribution in [0.4, 0.5) is 4.39 Å². The Bertz CT molecular complexity index is 432. The zero-order chi connectivity index (χ0) is 11.9. The quantitative estimate of drug-likeness (QED) is 0.827. The minimum atomic E-state index is -0.930. The van der Waals surface area contributed by atoms with Crippen LogP contribution in [-0.4, -0.2) is 11.1 Å². The molecule has 1 N–H and O–H groups in total. The van der Waals surface area contributed by atoms with E-state index in [1.165, 1.54) is 12.1 Å². The Balaban J connectivity index is 2.52. The monoisotopic (exact) mass is 262 g/mol. The highest BCUT2D eigenvalue weighted by molar-refractivity contribution is 6.35. The molecule has 0 aliphatic heterocycles. The van der Waals surface area contributed by atoms with E-state index in [-0.39, 0.29) is 10.0 Å². The predicted molar refractivity (Wildman–Crippen MR) is 59.6 cm³/mol. The number of carboxylic acid groups (broad SMARTS) is 1. The number of benzene rings is 1. The van der Waals surface area contributed by atoms with E-state index in [0.717, 1.165) is 6.42 Å². The van der Waals surface area contributed by atoms with E-state index in [1.54, 1.807) is 0 Å². The van der Waals surface area contributed by atoms with Crippen molar-refractivity contribution in [1.29, 1.82) is 0 Å². The maximum absolute atomic E-state index is 13.2. The van der Waals surface area contributed by atoms with Crippen LogP contribution in [0.2, 0.25) is 10.0 Å². The minimum Gasteiger partial charge on any atom is -0.481 e. The first kappa shape index (κ1) is 11.7. The molecule has 0 spiro atoms. The minimum absolute atomic E-state index is 0.130. The van der Waals surface area contributed by atoms with Gasteiger partial charge in [0.15, 0.2) is 5.82 Å². The standard InChI is InChI=1S/C11H9Cl2FO2/c12-7-4-6(5-8(13)9(7)14)11(10(15)16)2-1-3-11/h4-5H,1-3H2,(H,15,16). The Morgan fingerprint density at radius 1 is 1.31 bits per heavy atom. The molecule has 1 aromatic carbocycles. The zero-order valence-electron chi connectivity index (χ0n) is 8.27. The number of carboxylic acids is 1. The normalized spacial score (nSPS) is 17.9. The molecule has 2 nitrogen and oxygen atoms in total. The van der Waals surface area contributed by atoms with Gasteiger partial charge in [-0.15, -0.1) is 0 Å². The molecule has 1 aromatic rings. The van der Waals surface area contributed by atoms with Crippen LogP contribution in [0.1, 0.15) is 24.8 Å². The lowest BCUT2D eigenvalue weighted by atomic mass is 9.64. The Labute approximate surface area is 102 Å². The van der Waals surface area contributed by atoms with Crippen LogP contribution in [0.3, 0.4) is 0 Å². The molecule has 1 fully saturated rings. The third kappa shape index (κ3) is 1.59. The summed E-state index contributed by atoms with van der Waals surface area (Å²) in [6.07, 6.45) is 1.93. The zero-order valence-corrected chi connectivity index (χ0v) is 9.78. The van der Waals surface area contributed by atoms with Crippen molar-refractivity contribution in [3.63, 3.8) is 0 Å². The van der Waals surface area contributed by atoms with Gasteiger partial charge in [0, 0.05) is 0 Å². The Kier molecular flexibility index (Phi) is 2.84. The van der Waals surface area contributed by atoms with Gasteiger partial charge in [0.2, 0.25) is 0 Å². The van der Waals surface area contributed by atoms with Crippen molar-refractivity contribution < 1.29 is 14.3 Å². The highest BCUT2D eigenvalue weighted by Gasteiger charge is 2.46. The molecule has 2 rings (SSSR count). The summed E-state index contributed by atoms with van der Waals surface area (Å²) in [5.74, 6) is -1.61. The molecule has 0 bridgehead atoms. The number of hydrogen-bond donors (Lipinski definition) is 1. The average molecular weight is 263 g/mol. The molecule has 16 heavy (non-hydrogen) atoms. The second kappa shape index (κ2) is 3.90. The molecule has 1 aliphatic rings. The molecular weight excluding hydrogens is 254 g/mol. The van der Waals surface area contributed by atoms with E-state index >= 15 is 0 Å². The highest BCUT2D eigenvalue weighted by Crippen LogP contribution is 2.45. The molecule has 1 aliphatic carbocycles. The second-order valence-electron chi connectivity index (χ2n) is 3.99. The van der Waals surface area contributed by atoms with Gasteiger partial charge in [0.05, 0.1) is 15.5 Å². The first-order valence-corrected chi connectivity index (χ1v) is 5.61. The molecule has 0 heterocycles. The smallest absolute Gasteiger partial charge is 0.314 e. The van der Waals surface area contributed by atoms with Gasteiger partial charge in [-0.1, -0.05) is 29.6 Å². The van der Waals surface area contributed by atoms with Crippen LogP contribution in [0, 0.1) is 5.82 Å². The van der Waals surface area contributed by atoms with Gasteiger partial charge in [-0.3, -0.25) is 4.79 Å². The number of rotatable bonds is 2. The molecule has 5 heteroatoms. The number of hydrogen-bond acceptors (Lipinski definition) is 1. The Hall–Kier alpha value is -0.800. The van der Waals surface area contributed by atoms with Crippen molar-refractivity contribution in [1.82, 2.24) is 0 Å². The van der Waals surface area contributed by atoms with Gasteiger partial charge in [0.25, 0.3) is 0 Å². The molecule has 86 valence electrons. The summed E-state index contributed by atoms with van der Waals surface area (Å²) in [4.78, 5) is 11.2. The van der Waals surface area contributed by atoms with Gasteiger partial charge < -0.3 is 5.11 Å². The SMILES string of the molecule is O=C(O)C1(c2cc(Cl)c(F)c(Cl)c2)CCC1. The van der Waals surface area contributed by atoms with Crippen molar-refractivity contribution in [2.24, 2.45) is 0 Å². The Morgan fingerprint density at radius 3 is 2.12 bits per heavy atom. The van der Waals surface area contributed by atoms with Crippen molar-refractivity contribution in [3.8, 4) is 0 Å². The van der Waals surface area contributed by atoms with Crippen molar-refractivity contribution in [3.05, 3.63) is 33.6 Å². The summed E-state index contributed by atoms with van der Waals surface area (Å²) in [7, 11) is 0. The fraction of sp³-hybridized carbons (Fsp3) is 0.364. The number of aliphatic carboxylic acids is 1.